The third-order valence-electron chi connectivity index (χ3n) is 5.73. The Morgan fingerprint density at radius 1 is 1.29 bits per heavy atom. The van der Waals surface area contributed by atoms with Crippen molar-refractivity contribution in [3.63, 3.8) is 0 Å². The fourth-order valence-corrected chi connectivity index (χ4v) is 4.04. The third-order valence-corrected chi connectivity index (χ3v) is 5.73. The molecule has 1 aliphatic rings. The SMILES string of the molecule is COC1C[C@H](c2ccc(F)cc2)N(C(=O)C(=O)Nc2cnc(N)c3cn[nH]c23)C[C@H]1C. The van der Waals surface area contributed by atoms with Gasteiger partial charge < -0.3 is 20.7 Å². The smallest absolute Gasteiger partial charge is 0.314 e. The van der Waals surface area contributed by atoms with Gasteiger partial charge in [-0.05, 0) is 24.1 Å². The number of anilines is 2. The number of pyridine rings is 1. The molecule has 1 aliphatic heterocycles. The molecule has 0 aliphatic carbocycles. The van der Waals surface area contributed by atoms with Crippen molar-refractivity contribution >= 4 is 34.2 Å². The summed E-state index contributed by atoms with van der Waals surface area (Å²) in [6.07, 6.45) is 3.28. The van der Waals surface area contributed by atoms with E-state index in [2.05, 4.69) is 20.5 Å². The first-order chi connectivity index (χ1) is 14.9. The molecule has 1 aromatic carbocycles. The van der Waals surface area contributed by atoms with Crippen LogP contribution in [0.3, 0.4) is 0 Å². The van der Waals surface area contributed by atoms with E-state index >= 15 is 0 Å². The number of methoxy groups -OCH3 is 1. The van der Waals surface area contributed by atoms with E-state index in [9.17, 15) is 14.0 Å². The number of nitrogens with zero attached hydrogens (tertiary/aromatic N) is 3. The first kappa shape index (κ1) is 20.7. The number of aromatic nitrogens is 3. The van der Waals surface area contributed by atoms with Crippen molar-refractivity contribution < 1.29 is 18.7 Å². The fraction of sp³-hybridized carbons (Fsp3) is 0.333. The van der Waals surface area contributed by atoms with Crippen LogP contribution in [-0.4, -0.2) is 51.7 Å². The summed E-state index contributed by atoms with van der Waals surface area (Å²) in [5, 5.41) is 9.82. The van der Waals surface area contributed by atoms with Crippen LogP contribution in [0.15, 0.2) is 36.7 Å². The van der Waals surface area contributed by atoms with Crippen LogP contribution in [0.5, 0.6) is 0 Å². The second-order valence-corrected chi connectivity index (χ2v) is 7.68. The van der Waals surface area contributed by atoms with Gasteiger partial charge in [0.2, 0.25) is 0 Å². The molecule has 0 saturated carbocycles. The van der Waals surface area contributed by atoms with Gasteiger partial charge in [-0.3, -0.25) is 14.7 Å². The standard InChI is InChI=1S/C21H23FN6O3/c1-11-10-28(16(7-17(11)31-2)12-3-5-13(22)6-4-12)21(30)20(29)26-15-9-24-19(23)14-8-25-27-18(14)15/h3-6,8-9,11,16-17H,7,10H2,1-2H3,(H2,23,24)(H,25,27)(H,26,29)/t11-,16-,17?/m1/s1. The summed E-state index contributed by atoms with van der Waals surface area (Å²) in [6.45, 7) is 2.29. The van der Waals surface area contributed by atoms with Gasteiger partial charge in [-0.25, -0.2) is 9.37 Å². The van der Waals surface area contributed by atoms with Gasteiger partial charge in [0.15, 0.2) is 0 Å². The number of halogens is 1. The molecule has 10 heteroatoms. The first-order valence-electron chi connectivity index (χ1n) is 9.86. The van der Waals surface area contributed by atoms with E-state index in [4.69, 9.17) is 10.5 Å². The maximum Gasteiger partial charge on any atom is 0.314 e. The highest BCUT2D eigenvalue weighted by molar-refractivity contribution is 6.40. The number of nitrogen functional groups attached to an aromatic ring is 1. The van der Waals surface area contributed by atoms with E-state index < -0.39 is 17.9 Å². The number of hydrogen-bond donors (Lipinski definition) is 3. The molecule has 2 aromatic heterocycles. The Morgan fingerprint density at radius 3 is 2.74 bits per heavy atom. The Morgan fingerprint density at radius 2 is 2.03 bits per heavy atom. The van der Waals surface area contributed by atoms with E-state index in [-0.39, 0.29) is 23.7 Å². The van der Waals surface area contributed by atoms with Gasteiger partial charge in [0.05, 0.1) is 41.1 Å². The van der Waals surface area contributed by atoms with Crippen molar-refractivity contribution in [2.75, 3.05) is 24.7 Å². The second kappa shape index (κ2) is 8.31. The average molecular weight is 426 g/mol. The van der Waals surface area contributed by atoms with E-state index in [0.29, 0.717) is 29.6 Å². The number of fused-ring (bicyclic) bond motifs is 1. The molecule has 3 atom stereocenters. The number of carbonyl (C=O) groups excluding carboxylic acids is 2. The summed E-state index contributed by atoms with van der Waals surface area (Å²) in [4.78, 5) is 31.6. The van der Waals surface area contributed by atoms with E-state index in [1.807, 2.05) is 6.92 Å². The maximum absolute atomic E-state index is 13.4. The van der Waals surface area contributed by atoms with Crippen LogP contribution in [-0.2, 0) is 14.3 Å². The Labute approximate surface area is 177 Å². The lowest BCUT2D eigenvalue weighted by Gasteiger charge is -2.42. The van der Waals surface area contributed by atoms with Crippen molar-refractivity contribution in [3.8, 4) is 0 Å². The predicted octanol–water partition coefficient (Wildman–Crippen LogP) is 2.24. The zero-order valence-electron chi connectivity index (χ0n) is 17.1. The number of H-pyrrole nitrogens is 1. The minimum atomic E-state index is -0.808. The first-order valence-corrected chi connectivity index (χ1v) is 9.86. The van der Waals surface area contributed by atoms with Crippen LogP contribution in [0.2, 0.25) is 0 Å². The molecule has 162 valence electrons. The van der Waals surface area contributed by atoms with Gasteiger partial charge in [-0.1, -0.05) is 19.1 Å². The molecule has 1 fully saturated rings. The Hall–Kier alpha value is -3.53. The minimum Gasteiger partial charge on any atom is -0.383 e. The monoisotopic (exact) mass is 426 g/mol. The van der Waals surface area contributed by atoms with Crippen LogP contribution in [0.25, 0.3) is 10.9 Å². The number of piperidine rings is 1. The number of rotatable bonds is 3. The summed E-state index contributed by atoms with van der Waals surface area (Å²) < 4.78 is 19.0. The molecule has 2 amide bonds. The molecule has 1 saturated heterocycles. The molecular weight excluding hydrogens is 403 g/mol. The van der Waals surface area contributed by atoms with E-state index in [1.54, 1.807) is 19.2 Å². The van der Waals surface area contributed by atoms with E-state index in [1.165, 1.54) is 29.4 Å². The molecule has 1 unspecified atom stereocenters. The van der Waals surface area contributed by atoms with Crippen molar-refractivity contribution in [3.05, 3.63) is 48.0 Å². The molecule has 9 nitrogen and oxygen atoms in total. The largest absolute Gasteiger partial charge is 0.383 e. The van der Waals surface area contributed by atoms with Gasteiger partial charge in [0, 0.05) is 19.6 Å². The molecule has 4 rings (SSSR count). The summed E-state index contributed by atoms with van der Waals surface area (Å²) in [7, 11) is 1.62. The Kier molecular flexibility index (Phi) is 5.55. The molecule has 3 heterocycles. The van der Waals surface area contributed by atoms with Crippen LogP contribution < -0.4 is 11.1 Å². The summed E-state index contributed by atoms with van der Waals surface area (Å²) in [5.74, 6) is -1.58. The number of likely N-dealkylation sites (tertiary alicyclic amines) is 1. The number of ether oxygens (including phenoxy) is 1. The predicted molar refractivity (Wildman–Crippen MR) is 112 cm³/mol. The van der Waals surface area contributed by atoms with Gasteiger partial charge in [0.25, 0.3) is 0 Å². The molecule has 0 bridgehead atoms. The van der Waals surface area contributed by atoms with Crippen molar-refractivity contribution in [2.24, 2.45) is 5.92 Å². The third kappa shape index (κ3) is 3.93. The number of benzene rings is 1. The number of aromatic amines is 1. The highest BCUT2D eigenvalue weighted by Gasteiger charge is 2.39. The average Bonchev–Trinajstić information content (AvgIpc) is 3.27. The van der Waals surface area contributed by atoms with Crippen LogP contribution in [0.1, 0.15) is 24.9 Å². The quantitative estimate of drug-likeness (QED) is 0.552. The fourth-order valence-electron chi connectivity index (χ4n) is 4.04. The maximum atomic E-state index is 13.4. The van der Waals surface area contributed by atoms with Gasteiger partial charge in [0.1, 0.15) is 11.6 Å². The normalized spacial score (nSPS) is 21.3. The van der Waals surface area contributed by atoms with Crippen LogP contribution in [0.4, 0.5) is 15.9 Å². The lowest BCUT2D eigenvalue weighted by atomic mass is 9.87. The van der Waals surface area contributed by atoms with Crippen molar-refractivity contribution in [1.29, 1.82) is 0 Å². The summed E-state index contributed by atoms with van der Waals surface area (Å²) in [6, 6.07) is 5.51. The molecule has 3 aromatic rings. The molecule has 4 N–H and O–H groups in total. The Balaban J connectivity index is 1.60. The van der Waals surface area contributed by atoms with Gasteiger partial charge >= 0.3 is 11.8 Å². The number of carbonyl (C=O) groups is 2. The lowest BCUT2D eigenvalue weighted by Crippen LogP contribution is -2.50. The number of hydrogen-bond acceptors (Lipinski definition) is 6. The zero-order valence-corrected chi connectivity index (χ0v) is 17.1. The highest BCUT2D eigenvalue weighted by Crippen LogP contribution is 2.35. The Bertz CT molecular complexity index is 1120. The topological polar surface area (TPSA) is 126 Å². The van der Waals surface area contributed by atoms with Gasteiger partial charge in [-0.2, -0.15) is 5.10 Å². The van der Waals surface area contributed by atoms with Gasteiger partial charge in [-0.15, -0.1) is 0 Å². The highest BCUT2D eigenvalue weighted by atomic mass is 19.1. The summed E-state index contributed by atoms with van der Waals surface area (Å²) in [5.41, 5.74) is 7.34. The van der Waals surface area contributed by atoms with Crippen molar-refractivity contribution in [1.82, 2.24) is 20.1 Å². The molecule has 31 heavy (non-hydrogen) atoms. The van der Waals surface area contributed by atoms with E-state index in [0.717, 1.165) is 5.56 Å². The number of amides is 2. The molecule has 0 radical (unpaired) electrons. The second-order valence-electron chi connectivity index (χ2n) is 7.68. The molecule has 0 spiro atoms. The van der Waals surface area contributed by atoms with Crippen LogP contribution >= 0.6 is 0 Å². The number of nitrogens with one attached hydrogen (secondary N) is 2. The van der Waals surface area contributed by atoms with Crippen molar-refractivity contribution in [2.45, 2.75) is 25.5 Å². The minimum absolute atomic E-state index is 0.0240. The molecular formula is C21H23FN6O3. The zero-order chi connectivity index (χ0) is 22.1. The lowest BCUT2D eigenvalue weighted by molar-refractivity contribution is -0.149. The number of nitrogens with two attached hydrogens (primary N) is 1. The van der Waals surface area contributed by atoms with Crippen LogP contribution in [0, 0.1) is 11.7 Å². The summed E-state index contributed by atoms with van der Waals surface area (Å²) >= 11 is 0.